The van der Waals surface area contributed by atoms with E-state index in [0.29, 0.717) is 11.3 Å². The number of anilines is 2. The van der Waals surface area contributed by atoms with E-state index >= 15 is 0 Å². The first-order valence-electron chi connectivity index (χ1n) is 9.51. The van der Waals surface area contributed by atoms with Crippen LogP contribution < -0.4 is 21.1 Å². The highest BCUT2D eigenvalue weighted by molar-refractivity contribution is 5.99. The number of nitrogens with one attached hydrogen (secondary N) is 2. The van der Waals surface area contributed by atoms with E-state index in [1.54, 1.807) is 54.6 Å². The van der Waals surface area contributed by atoms with E-state index in [-0.39, 0.29) is 35.5 Å². The molecule has 4 N–H and O–H groups in total. The molecule has 0 aliphatic rings. The maximum absolute atomic E-state index is 12.1. The Kier molecular flexibility index (Phi) is 7.20. The Morgan fingerprint density at radius 3 is 2.34 bits per heavy atom. The summed E-state index contributed by atoms with van der Waals surface area (Å²) in [6.45, 7) is 1.06. The molecule has 0 fully saturated rings. The number of pyridine rings is 1. The Labute approximate surface area is 183 Å². The Bertz CT molecular complexity index is 1160. The lowest BCUT2D eigenvalue weighted by Gasteiger charge is -2.08. The lowest BCUT2D eigenvalue weighted by Crippen LogP contribution is -2.33. The number of hydrogen-bond acceptors (Lipinski definition) is 8. The molecular weight excluding hydrogens is 412 g/mol. The molecule has 10 heteroatoms. The minimum atomic E-state index is -0.478. The van der Waals surface area contributed by atoms with Crippen LogP contribution in [0.5, 0.6) is 5.75 Å². The van der Waals surface area contributed by atoms with Gasteiger partial charge in [0.25, 0.3) is 5.91 Å². The third-order valence-corrected chi connectivity index (χ3v) is 4.00. The standard InChI is InChI=1S/C22H20N6O4/c1-14(29)32-18-10-6-5-9-16(18)27-28-17-11-12-19(26-21(17)23)25-20(30)13-24-22(31)15-7-3-2-4-8-15/h2-12H,13H2,1H3,(H,24,31)(H3,23,25,26,30). The van der Waals surface area contributed by atoms with Crippen molar-refractivity contribution in [3.63, 3.8) is 0 Å². The van der Waals surface area contributed by atoms with Crippen LogP contribution in [-0.2, 0) is 9.59 Å². The van der Waals surface area contributed by atoms with Crippen LogP contribution in [0, 0.1) is 0 Å². The maximum Gasteiger partial charge on any atom is 0.308 e. The van der Waals surface area contributed by atoms with Gasteiger partial charge in [-0.3, -0.25) is 14.4 Å². The van der Waals surface area contributed by atoms with Crippen molar-refractivity contribution in [3.05, 3.63) is 72.3 Å². The second-order valence-electron chi connectivity index (χ2n) is 6.46. The zero-order valence-corrected chi connectivity index (χ0v) is 17.1. The molecule has 0 atom stereocenters. The second kappa shape index (κ2) is 10.4. The minimum Gasteiger partial charge on any atom is -0.424 e. The van der Waals surface area contributed by atoms with Gasteiger partial charge in [-0.05, 0) is 36.4 Å². The van der Waals surface area contributed by atoms with Gasteiger partial charge in [-0.1, -0.05) is 30.3 Å². The van der Waals surface area contributed by atoms with Gasteiger partial charge in [-0.25, -0.2) is 4.98 Å². The van der Waals surface area contributed by atoms with Crippen molar-refractivity contribution in [1.82, 2.24) is 10.3 Å². The molecule has 2 amide bonds. The molecule has 162 valence electrons. The molecule has 0 saturated heterocycles. The van der Waals surface area contributed by atoms with E-state index in [0.717, 1.165) is 0 Å². The predicted molar refractivity (Wildman–Crippen MR) is 118 cm³/mol. The second-order valence-corrected chi connectivity index (χ2v) is 6.46. The van der Waals surface area contributed by atoms with Crippen molar-refractivity contribution in [2.75, 3.05) is 17.6 Å². The van der Waals surface area contributed by atoms with E-state index in [1.165, 1.54) is 19.1 Å². The normalized spacial score (nSPS) is 10.5. The number of hydrogen-bond donors (Lipinski definition) is 3. The molecule has 0 bridgehead atoms. The third kappa shape index (κ3) is 6.20. The Morgan fingerprint density at radius 1 is 0.938 bits per heavy atom. The highest BCUT2D eigenvalue weighted by atomic mass is 16.5. The van der Waals surface area contributed by atoms with Crippen LogP contribution in [0.4, 0.5) is 23.0 Å². The van der Waals surface area contributed by atoms with Crippen LogP contribution >= 0.6 is 0 Å². The highest BCUT2D eigenvalue weighted by Gasteiger charge is 2.10. The van der Waals surface area contributed by atoms with Gasteiger partial charge in [-0.2, -0.15) is 0 Å². The van der Waals surface area contributed by atoms with Crippen LogP contribution in [-0.4, -0.2) is 29.3 Å². The topological polar surface area (TPSA) is 148 Å². The summed E-state index contributed by atoms with van der Waals surface area (Å²) in [4.78, 5) is 39.4. The molecule has 2 aromatic carbocycles. The van der Waals surface area contributed by atoms with Crippen LogP contribution in [0.25, 0.3) is 0 Å². The number of nitrogen functional groups attached to an aromatic ring is 1. The number of benzene rings is 2. The van der Waals surface area contributed by atoms with Gasteiger partial charge < -0.3 is 21.1 Å². The van der Waals surface area contributed by atoms with E-state index in [1.807, 2.05) is 0 Å². The fraction of sp³-hybridized carbons (Fsp3) is 0.0909. The first-order chi connectivity index (χ1) is 15.4. The number of amides is 2. The number of nitrogens with zero attached hydrogens (tertiary/aromatic N) is 3. The highest BCUT2D eigenvalue weighted by Crippen LogP contribution is 2.30. The van der Waals surface area contributed by atoms with Crippen LogP contribution in [0.3, 0.4) is 0 Å². The molecule has 0 radical (unpaired) electrons. The fourth-order valence-corrected chi connectivity index (χ4v) is 2.55. The lowest BCUT2D eigenvalue weighted by molar-refractivity contribution is -0.131. The van der Waals surface area contributed by atoms with Crippen LogP contribution in [0.2, 0.25) is 0 Å². The molecule has 0 spiro atoms. The van der Waals surface area contributed by atoms with Crippen molar-refractivity contribution < 1.29 is 19.1 Å². The van der Waals surface area contributed by atoms with E-state index in [2.05, 4.69) is 25.8 Å². The fourth-order valence-electron chi connectivity index (χ4n) is 2.55. The van der Waals surface area contributed by atoms with Gasteiger partial charge in [-0.15, -0.1) is 10.2 Å². The lowest BCUT2D eigenvalue weighted by atomic mass is 10.2. The van der Waals surface area contributed by atoms with Gasteiger partial charge in [0, 0.05) is 12.5 Å². The molecule has 0 aliphatic carbocycles. The Hall–Kier alpha value is -4.60. The van der Waals surface area contributed by atoms with E-state index in [9.17, 15) is 14.4 Å². The molecule has 3 aromatic rings. The van der Waals surface area contributed by atoms with Crippen molar-refractivity contribution in [3.8, 4) is 5.75 Å². The van der Waals surface area contributed by atoms with E-state index in [4.69, 9.17) is 10.5 Å². The summed E-state index contributed by atoms with van der Waals surface area (Å²) in [5.74, 6) is -0.819. The summed E-state index contributed by atoms with van der Waals surface area (Å²) in [5, 5.41) is 13.2. The zero-order chi connectivity index (χ0) is 22.9. The first kappa shape index (κ1) is 22.1. The number of carbonyl (C=O) groups excluding carboxylic acids is 3. The van der Waals surface area contributed by atoms with Crippen molar-refractivity contribution in [2.24, 2.45) is 10.2 Å². The number of nitrogens with two attached hydrogens (primary N) is 1. The summed E-state index contributed by atoms with van der Waals surface area (Å²) in [6, 6.07) is 18.2. The summed E-state index contributed by atoms with van der Waals surface area (Å²) in [5.41, 5.74) is 6.96. The average Bonchev–Trinajstić information content (AvgIpc) is 2.78. The third-order valence-electron chi connectivity index (χ3n) is 4.00. The monoisotopic (exact) mass is 432 g/mol. The van der Waals surface area contributed by atoms with Crippen molar-refractivity contribution in [1.29, 1.82) is 0 Å². The first-order valence-corrected chi connectivity index (χ1v) is 9.51. The molecule has 32 heavy (non-hydrogen) atoms. The predicted octanol–water partition coefficient (Wildman–Crippen LogP) is 3.37. The molecule has 1 heterocycles. The average molecular weight is 432 g/mol. The molecule has 0 saturated carbocycles. The molecule has 0 unspecified atom stereocenters. The van der Waals surface area contributed by atoms with Crippen molar-refractivity contribution in [2.45, 2.75) is 6.92 Å². The van der Waals surface area contributed by atoms with Crippen molar-refractivity contribution >= 4 is 40.8 Å². The largest absolute Gasteiger partial charge is 0.424 e. The number of rotatable bonds is 7. The number of aromatic nitrogens is 1. The summed E-state index contributed by atoms with van der Waals surface area (Å²) in [7, 11) is 0. The maximum atomic E-state index is 12.1. The van der Waals surface area contributed by atoms with E-state index < -0.39 is 11.9 Å². The van der Waals surface area contributed by atoms with Gasteiger partial charge in [0.15, 0.2) is 11.6 Å². The van der Waals surface area contributed by atoms with Crippen LogP contribution in [0.15, 0.2) is 77.0 Å². The number of azo groups is 1. The van der Waals surface area contributed by atoms with Crippen LogP contribution in [0.1, 0.15) is 17.3 Å². The molecule has 1 aromatic heterocycles. The minimum absolute atomic E-state index is 0.0323. The number of esters is 1. The molecule has 0 aliphatic heterocycles. The molecular formula is C22H20N6O4. The quantitative estimate of drug-likeness (QED) is 0.296. The SMILES string of the molecule is CC(=O)Oc1ccccc1N=Nc1ccc(NC(=O)CNC(=O)c2ccccc2)nc1N. The van der Waals surface area contributed by atoms with Gasteiger partial charge in [0.05, 0.1) is 6.54 Å². The summed E-state index contributed by atoms with van der Waals surface area (Å²) >= 11 is 0. The Balaban J connectivity index is 1.60. The van der Waals surface area contributed by atoms with Gasteiger partial charge in [0.2, 0.25) is 5.91 Å². The van der Waals surface area contributed by atoms with Gasteiger partial charge >= 0.3 is 5.97 Å². The Morgan fingerprint density at radius 2 is 1.62 bits per heavy atom. The zero-order valence-electron chi connectivity index (χ0n) is 17.1. The summed E-state index contributed by atoms with van der Waals surface area (Å²) < 4.78 is 5.08. The smallest absolute Gasteiger partial charge is 0.308 e. The summed E-state index contributed by atoms with van der Waals surface area (Å²) in [6.07, 6.45) is 0. The molecule has 10 nitrogen and oxygen atoms in total. The number of carbonyl (C=O) groups is 3. The number of para-hydroxylation sites is 1. The molecule has 3 rings (SSSR count). The van der Waals surface area contributed by atoms with Gasteiger partial charge in [0.1, 0.15) is 17.2 Å². The number of ether oxygens (including phenoxy) is 1.